The van der Waals surface area contributed by atoms with Gasteiger partial charge in [-0.2, -0.15) is 13.5 Å². The van der Waals surface area contributed by atoms with E-state index in [2.05, 4.69) is 10.1 Å². The molecule has 6 nitrogen and oxygen atoms in total. The molecule has 2 aromatic heterocycles. The Hall–Kier alpha value is -1.54. The Balaban J connectivity index is 1.78. The van der Waals surface area contributed by atoms with Crippen LogP contribution in [-0.4, -0.2) is 35.5 Å². The zero-order valence-corrected chi connectivity index (χ0v) is 13.8. The fourth-order valence-corrected chi connectivity index (χ4v) is 5.39. The van der Waals surface area contributed by atoms with Crippen molar-refractivity contribution in [2.24, 2.45) is 7.05 Å². The second kappa shape index (κ2) is 4.99. The fraction of sp³-hybridized carbons (Fsp3) is 0.429. The Bertz CT molecular complexity index is 827. The summed E-state index contributed by atoms with van der Waals surface area (Å²) in [6, 6.07) is 5.31. The van der Waals surface area contributed by atoms with Gasteiger partial charge in [0.15, 0.2) is 5.03 Å². The highest BCUT2D eigenvalue weighted by molar-refractivity contribution is 7.99. The highest BCUT2D eigenvalue weighted by atomic mass is 32.2. The van der Waals surface area contributed by atoms with Gasteiger partial charge in [0.25, 0.3) is 10.0 Å². The van der Waals surface area contributed by atoms with E-state index in [4.69, 9.17) is 0 Å². The molecule has 0 bridgehead atoms. The monoisotopic (exact) mass is 336 g/mol. The van der Waals surface area contributed by atoms with E-state index in [0.29, 0.717) is 23.9 Å². The van der Waals surface area contributed by atoms with Gasteiger partial charge in [-0.15, -0.1) is 11.8 Å². The number of aryl methyl sites for hydroxylation is 1. The minimum atomic E-state index is -3.61. The lowest BCUT2D eigenvalue weighted by Gasteiger charge is -2.28. The van der Waals surface area contributed by atoms with E-state index in [1.54, 1.807) is 37.1 Å². The fourth-order valence-electron chi connectivity index (χ4n) is 2.68. The third-order valence-electron chi connectivity index (χ3n) is 3.96. The number of pyridine rings is 1. The van der Waals surface area contributed by atoms with Gasteiger partial charge in [-0.25, -0.2) is 4.98 Å². The van der Waals surface area contributed by atoms with Gasteiger partial charge in [0.05, 0.1) is 11.4 Å². The van der Waals surface area contributed by atoms with Crippen molar-refractivity contribution in [2.45, 2.75) is 28.8 Å². The molecule has 0 unspecified atom stereocenters. The Morgan fingerprint density at radius 3 is 2.95 bits per heavy atom. The average Bonchev–Trinajstić information content (AvgIpc) is 3.29. The van der Waals surface area contributed by atoms with Gasteiger partial charge in [0.1, 0.15) is 5.03 Å². The maximum Gasteiger partial charge on any atom is 0.281 e. The molecular formula is C14H16N4O2S2. The van der Waals surface area contributed by atoms with Gasteiger partial charge in [0, 0.05) is 37.5 Å². The van der Waals surface area contributed by atoms with Crippen LogP contribution in [0.15, 0.2) is 34.4 Å². The number of aromatic nitrogens is 3. The van der Waals surface area contributed by atoms with Gasteiger partial charge in [-0.1, -0.05) is 0 Å². The van der Waals surface area contributed by atoms with Crippen LogP contribution in [0.1, 0.15) is 24.5 Å². The standard InChI is InChI=1S/C14H16N4O2S2/c1-17-13(9-11(16-17)10-4-5-10)22(19,20)18-7-8-21-14-12(18)3-2-6-15-14/h2-3,6,9-10H,4-5,7-8H2,1H3. The van der Waals surface area contributed by atoms with Crippen LogP contribution in [0.3, 0.4) is 0 Å². The Labute approximate surface area is 133 Å². The summed E-state index contributed by atoms with van der Waals surface area (Å²) in [4.78, 5) is 4.28. The lowest BCUT2D eigenvalue weighted by atomic mass is 10.3. The maximum absolute atomic E-state index is 13.1. The van der Waals surface area contributed by atoms with Crippen molar-refractivity contribution in [2.75, 3.05) is 16.6 Å². The number of fused-ring (bicyclic) bond motifs is 1. The van der Waals surface area contributed by atoms with E-state index in [9.17, 15) is 8.42 Å². The van der Waals surface area contributed by atoms with Crippen LogP contribution in [0.2, 0.25) is 0 Å². The quantitative estimate of drug-likeness (QED) is 0.857. The highest BCUT2D eigenvalue weighted by Crippen LogP contribution is 2.41. The molecule has 0 amide bonds. The highest BCUT2D eigenvalue weighted by Gasteiger charge is 2.35. The van der Waals surface area contributed by atoms with Gasteiger partial charge >= 0.3 is 0 Å². The summed E-state index contributed by atoms with van der Waals surface area (Å²) < 4.78 is 29.1. The Kier molecular flexibility index (Phi) is 3.19. The van der Waals surface area contributed by atoms with E-state index in [-0.39, 0.29) is 5.03 Å². The lowest BCUT2D eigenvalue weighted by molar-refractivity contribution is 0.571. The van der Waals surface area contributed by atoms with Crippen LogP contribution >= 0.6 is 11.8 Å². The van der Waals surface area contributed by atoms with Crippen molar-refractivity contribution in [1.29, 1.82) is 0 Å². The summed E-state index contributed by atoms with van der Waals surface area (Å²) in [6.45, 7) is 0.454. The molecule has 1 saturated carbocycles. The van der Waals surface area contributed by atoms with Crippen molar-refractivity contribution < 1.29 is 8.42 Å². The van der Waals surface area contributed by atoms with Crippen molar-refractivity contribution >= 4 is 27.5 Å². The first kappa shape index (κ1) is 14.1. The lowest BCUT2D eigenvalue weighted by Crippen LogP contribution is -2.36. The molecule has 2 aliphatic rings. The van der Waals surface area contributed by atoms with E-state index in [0.717, 1.165) is 23.6 Å². The zero-order valence-electron chi connectivity index (χ0n) is 12.1. The molecule has 116 valence electrons. The predicted octanol–water partition coefficient (Wildman–Crippen LogP) is 1.99. The topological polar surface area (TPSA) is 68.1 Å². The molecule has 1 aliphatic heterocycles. The predicted molar refractivity (Wildman–Crippen MR) is 84.7 cm³/mol. The van der Waals surface area contributed by atoms with Crippen LogP contribution < -0.4 is 4.31 Å². The zero-order chi connectivity index (χ0) is 15.3. The molecular weight excluding hydrogens is 320 g/mol. The van der Waals surface area contributed by atoms with Crippen LogP contribution in [0.25, 0.3) is 0 Å². The van der Waals surface area contributed by atoms with E-state index >= 15 is 0 Å². The number of hydrogen-bond acceptors (Lipinski definition) is 5. The summed E-state index contributed by atoms with van der Waals surface area (Å²) in [5.41, 5.74) is 1.55. The van der Waals surface area contributed by atoms with Gasteiger partial charge in [0.2, 0.25) is 0 Å². The molecule has 0 aromatic carbocycles. The van der Waals surface area contributed by atoms with Crippen molar-refractivity contribution in [3.05, 3.63) is 30.1 Å². The third-order valence-corrected chi connectivity index (χ3v) is 6.80. The maximum atomic E-state index is 13.1. The minimum Gasteiger partial charge on any atom is -0.261 e. The van der Waals surface area contributed by atoms with Crippen LogP contribution in [-0.2, 0) is 17.1 Å². The molecule has 2 aromatic rings. The summed E-state index contributed by atoms with van der Waals surface area (Å²) >= 11 is 1.59. The molecule has 1 fully saturated rings. The Morgan fingerprint density at radius 2 is 2.18 bits per heavy atom. The van der Waals surface area contributed by atoms with Gasteiger partial charge < -0.3 is 0 Å². The Morgan fingerprint density at radius 1 is 1.36 bits per heavy atom. The van der Waals surface area contributed by atoms with E-state index in [1.165, 1.54) is 8.99 Å². The number of rotatable bonds is 3. The van der Waals surface area contributed by atoms with Crippen LogP contribution in [0, 0.1) is 0 Å². The molecule has 0 N–H and O–H groups in total. The first-order valence-electron chi connectivity index (χ1n) is 7.22. The summed E-state index contributed by atoms with van der Waals surface area (Å²) in [6.07, 6.45) is 3.89. The second-order valence-corrected chi connectivity index (χ2v) is 8.45. The smallest absolute Gasteiger partial charge is 0.261 e. The molecule has 22 heavy (non-hydrogen) atoms. The van der Waals surface area contributed by atoms with E-state index < -0.39 is 10.0 Å². The summed E-state index contributed by atoms with van der Waals surface area (Å²) in [7, 11) is -1.91. The summed E-state index contributed by atoms with van der Waals surface area (Å²) in [5.74, 6) is 1.14. The SMILES string of the molecule is Cn1nc(C2CC2)cc1S(=O)(=O)N1CCSc2ncccc21. The molecule has 0 atom stereocenters. The van der Waals surface area contributed by atoms with Gasteiger partial charge in [-0.3, -0.25) is 8.99 Å². The molecule has 0 radical (unpaired) electrons. The number of hydrogen-bond donors (Lipinski definition) is 0. The van der Waals surface area contributed by atoms with Crippen molar-refractivity contribution in [3.8, 4) is 0 Å². The first-order valence-corrected chi connectivity index (χ1v) is 9.64. The minimum absolute atomic E-state index is 0.260. The second-order valence-electron chi connectivity index (χ2n) is 5.56. The molecule has 0 spiro atoms. The molecule has 3 heterocycles. The average molecular weight is 336 g/mol. The van der Waals surface area contributed by atoms with Gasteiger partial charge in [-0.05, 0) is 25.0 Å². The van der Waals surface area contributed by atoms with Crippen LogP contribution in [0.5, 0.6) is 0 Å². The van der Waals surface area contributed by atoms with E-state index in [1.807, 2.05) is 6.07 Å². The van der Waals surface area contributed by atoms with Crippen molar-refractivity contribution in [1.82, 2.24) is 14.8 Å². The molecule has 4 rings (SSSR count). The van der Waals surface area contributed by atoms with Crippen LogP contribution in [0.4, 0.5) is 5.69 Å². The normalized spacial score (nSPS) is 18.3. The number of nitrogens with zero attached hydrogens (tertiary/aromatic N) is 4. The molecule has 0 saturated heterocycles. The summed E-state index contributed by atoms with van der Waals surface area (Å²) in [5, 5.41) is 5.41. The third kappa shape index (κ3) is 2.21. The first-order chi connectivity index (χ1) is 10.6. The molecule has 1 aliphatic carbocycles. The largest absolute Gasteiger partial charge is 0.281 e. The number of sulfonamides is 1. The molecule has 8 heteroatoms. The number of anilines is 1. The van der Waals surface area contributed by atoms with Crippen molar-refractivity contribution in [3.63, 3.8) is 0 Å². The number of thioether (sulfide) groups is 1.